The van der Waals surface area contributed by atoms with E-state index in [0.717, 1.165) is 6.07 Å². The predicted molar refractivity (Wildman–Crippen MR) is 70.8 cm³/mol. The van der Waals surface area contributed by atoms with E-state index in [-0.39, 0.29) is 24.6 Å². The molecule has 1 aromatic rings. The maximum atomic E-state index is 13.1. The van der Waals surface area contributed by atoms with Crippen LogP contribution in [-0.4, -0.2) is 53.0 Å². The fourth-order valence-corrected chi connectivity index (χ4v) is 1.50. The molecule has 1 rings (SSSR count). The zero-order valence-corrected chi connectivity index (χ0v) is 11.7. The van der Waals surface area contributed by atoms with Crippen molar-refractivity contribution in [3.8, 4) is 5.75 Å². The number of methoxy groups -OCH3 is 2. The molecule has 0 radical (unpaired) electrons. The first-order chi connectivity index (χ1) is 9.69. The van der Waals surface area contributed by atoms with Gasteiger partial charge < -0.3 is 18.9 Å². The molecule has 0 N–H and O–H groups in total. The molecule has 6 heteroatoms. The molecule has 1 aromatic carbocycles. The van der Waals surface area contributed by atoms with Crippen molar-refractivity contribution in [3.05, 3.63) is 29.6 Å². The second kappa shape index (κ2) is 9.41. The van der Waals surface area contributed by atoms with Crippen molar-refractivity contribution >= 4 is 5.78 Å². The van der Waals surface area contributed by atoms with Crippen molar-refractivity contribution in [2.24, 2.45) is 0 Å². The molecule has 0 spiro atoms. The minimum Gasteiger partial charge on any atom is -0.496 e. The van der Waals surface area contributed by atoms with Gasteiger partial charge in [-0.05, 0) is 18.2 Å². The average molecular weight is 286 g/mol. The average Bonchev–Trinajstić information content (AvgIpc) is 2.46. The third-order valence-electron chi connectivity index (χ3n) is 2.50. The Morgan fingerprint density at radius 1 is 1.10 bits per heavy atom. The Bertz CT molecular complexity index is 422. The quantitative estimate of drug-likeness (QED) is 0.484. The minimum atomic E-state index is -0.489. The first-order valence-corrected chi connectivity index (χ1v) is 6.20. The molecular formula is C14H19FO5. The summed E-state index contributed by atoms with van der Waals surface area (Å²) >= 11 is 0. The van der Waals surface area contributed by atoms with Crippen molar-refractivity contribution < 1.29 is 28.1 Å². The van der Waals surface area contributed by atoms with Crippen molar-refractivity contribution in [1.82, 2.24) is 0 Å². The molecule has 0 atom stereocenters. The molecule has 0 bridgehead atoms. The van der Waals surface area contributed by atoms with Crippen LogP contribution in [0.4, 0.5) is 4.39 Å². The smallest absolute Gasteiger partial charge is 0.192 e. The summed E-state index contributed by atoms with van der Waals surface area (Å²) in [6.45, 7) is 1.50. The Hall–Kier alpha value is -1.50. The number of Topliss-reactive ketones (excluding diaryl/α,β-unsaturated/α-hetero) is 1. The number of ether oxygens (including phenoxy) is 4. The van der Waals surface area contributed by atoms with Gasteiger partial charge in [-0.1, -0.05) is 0 Å². The number of ketones is 1. The summed E-state index contributed by atoms with van der Waals surface area (Å²) in [5.41, 5.74) is 0.174. The SMILES string of the molecule is COCCOCCOCC(=O)c1cc(F)ccc1OC. The molecule has 0 fully saturated rings. The molecule has 5 nitrogen and oxygen atoms in total. The Morgan fingerprint density at radius 2 is 1.80 bits per heavy atom. The van der Waals surface area contributed by atoms with Crippen LogP contribution < -0.4 is 4.74 Å². The van der Waals surface area contributed by atoms with E-state index in [1.54, 1.807) is 7.11 Å². The fourth-order valence-electron chi connectivity index (χ4n) is 1.50. The van der Waals surface area contributed by atoms with E-state index < -0.39 is 5.82 Å². The van der Waals surface area contributed by atoms with E-state index in [1.807, 2.05) is 0 Å². The molecule has 0 heterocycles. The van der Waals surface area contributed by atoms with Gasteiger partial charge in [0.1, 0.15) is 18.2 Å². The summed E-state index contributed by atoms with van der Waals surface area (Å²) < 4.78 is 33.3. The van der Waals surface area contributed by atoms with Crippen LogP contribution in [0.15, 0.2) is 18.2 Å². The lowest BCUT2D eigenvalue weighted by atomic mass is 10.1. The highest BCUT2D eigenvalue weighted by molar-refractivity contribution is 5.99. The lowest BCUT2D eigenvalue weighted by molar-refractivity contribution is 0.0252. The van der Waals surface area contributed by atoms with Crippen LogP contribution in [0.5, 0.6) is 5.75 Å². The highest BCUT2D eigenvalue weighted by Gasteiger charge is 2.13. The Balaban J connectivity index is 2.34. The number of rotatable bonds is 10. The van der Waals surface area contributed by atoms with Gasteiger partial charge in [-0.2, -0.15) is 0 Å². The standard InChI is InChI=1S/C14H19FO5/c1-17-5-6-19-7-8-20-10-13(16)12-9-11(15)3-4-14(12)18-2/h3-4,9H,5-8,10H2,1-2H3. The van der Waals surface area contributed by atoms with Crippen molar-refractivity contribution in [3.63, 3.8) is 0 Å². The zero-order chi connectivity index (χ0) is 14.8. The third kappa shape index (κ3) is 5.64. The Kier molecular flexibility index (Phi) is 7.79. The molecule has 112 valence electrons. The molecule has 20 heavy (non-hydrogen) atoms. The van der Waals surface area contributed by atoms with Crippen LogP contribution in [0.2, 0.25) is 0 Å². The van der Waals surface area contributed by atoms with Crippen molar-refractivity contribution in [2.45, 2.75) is 0 Å². The molecule has 0 aliphatic heterocycles. The van der Waals surface area contributed by atoms with Crippen molar-refractivity contribution in [1.29, 1.82) is 0 Å². The number of hydrogen-bond acceptors (Lipinski definition) is 5. The number of hydrogen-bond donors (Lipinski definition) is 0. The number of halogens is 1. The van der Waals surface area contributed by atoms with Gasteiger partial charge in [-0.25, -0.2) is 4.39 Å². The second-order valence-electron chi connectivity index (χ2n) is 3.93. The molecule has 0 saturated heterocycles. The number of benzene rings is 1. The largest absolute Gasteiger partial charge is 0.496 e. The summed E-state index contributed by atoms with van der Waals surface area (Å²) in [6, 6.07) is 3.79. The molecule has 0 unspecified atom stereocenters. The normalized spacial score (nSPS) is 10.6. The van der Waals surface area contributed by atoms with Gasteiger partial charge in [-0.3, -0.25) is 4.79 Å². The Morgan fingerprint density at radius 3 is 2.50 bits per heavy atom. The highest BCUT2D eigenvalue weighted by atomic mass is 19.1. The van der Waals surface area contributed by atoms with Gasteiger partial charge in [0.15, 0.2) is 5.78 Å². The Labute approximate surface area is 117 Å². The topological polar surface area (TPSA) is 54.0 Å². The lowest BCUT2D eigenvalue weighted by Gasteiger charge is -2.08. The van der Waals surface area contributed by atoms with Crippen molar-refractivity contribution in [2.75, 3.05) is 47.3 Å². The monoisotopic (exact) mass is 286 g/mol. The van der Waals surface area contributed by atoms with Crippen LogP contribution in [-0.2, 0) is 14.2 Å². The van der Waals surface area contributed by atoms with E-state index in [9.17, 15) is 9.18 Å². The van der Waals surface area contributed by atoms with E-state index in [0.29, 0.717) is 25.6 Å². The van der Waals surface area contributed by atoms with Crippen LogP contribution in [0, 0.1) is 5.82 Å². The summed E-state index contributed by atoms with van der Waals surface area (Å²) in [4.78, 5) is 11.9. The van der Waals surface area contributed by atoms with Gasteiger partial charge in [0.05, 0.1) is 39.1 Å². The van der Waals surface area contributed by atoms with Gasteiger partial charge >= 0.3 is 0 Å². The maximum Gasteiger partial charge on any atom is 0.192 e. The lowest BCUT2D eigenvalue weighted by Crippen LogP contribution is -2.14. The predicted octanol–water partition coefficient (Wildman–Crippen LogP) is 1.70. The van der Waals surface area contributed by atoms with Gasteiger partial charge in [-0.15, -0.1) is 0 Å². The molecular weight excluding hydrogens is 267 g/mol. The molecule has 0 aliphatic carbocycles. The molecule has 0 aliphatic rings. The summed E-state index contributed by atoms with van der Waals surface area (Å²) in [5.74, 6) is -0.494. The minimum absolute atomic E-state index is 0.145. The zero-order valence-electron chi connectivity index (χ0n) is 11.7. The number of carbonyl (C=O) groups excluding carboxylic acids is 1. The van der Waals surface area contributed by atoms with Crippen LogP contribution in [0.3, 0.4) is 0 Å². The first-order valence-electron chi connectivity index (χ1n) is 6.20. The van der Waals surface area contributed by atoms with E-state index in [4.69, 9.17) is 18.9 Å². The van der Waals surface area contributed by atoms with Gasteiger partial charge in [0.25, 0.3) is 0 Å². The van der Waals surface area contributed by atoms with Crippen LogP contribution in [0.1, 0.15) is 10.4 Å². The van der Waals surface area contributed by atoms with Gasteiger partial charge in [0, 0.05) is 7.11 Å². The third-order valence-corrected chi connectivity index (χ3v) is 2.50. The first kappa shape index (κ1) is 16.6. The highest BCUT2D eigenvalue weighted by Crippen LogP contribution is 2.19. The summed E-state index contributed by atoms with van der Waals surface area (Å²) in [5, 5.41) is 0. The fraction of sp³-hybridized carbons (Fsp3) is 0.500. The van der Waals surface area contributed by atoms with E-state index in [2.05, 4.69) is 0 Å². The number of carbonyl (C=O) groups is 1. The second-order valence-corrected chi connectivity index (χ2v) is 3.93. The van der Waals surface area contributed by atoms with E-state index in [1.165, 1.54) is 19.2 Å². The van der Waals surface area contributed by atoms with Crippen LogP contribution in [0.25, 0.3) is 0 Å². The molecule has 0 saturated carbocycles. The maximum absolute atomic E-state index is 13.1. The molecule has 0 aromatic heterocycles. The van der Waals surface area contributed by atoms with Gasteiger partial charge in [0.2, 0.25) is 0 Å². The summed E-state index contributed by atoms with van der Waals surface area (Å²) in [7, 11) is 3.01. The van der Waals surface area contributed by atoms with Crippen LogP contribution >= 0.6 is 0 Å². The summed E-state index contributed by atoms with van der Waals surface area (Å²) in [6.07, 6.45) is 0. The molecule has 0 amide bonds. The van der Waals surface area contributed by atoms with E-state index >= 15 is 0 Å².